The minimum absolute atomic E-state index is 0.253. The normalized spacial score (nSPS) is 16.9. The summed E-state index contributed by atoms with van der Waals surface area (Å²) >= 11 is 1.32. The van der Waals surface area contributed by atoms with Crippen LogP contribution in [-0.4, -0.2) is 28.5 Å². The number of furan rings is 1. The maximum Gasteiger partial charge on any atom is 0.189 e. The quantitative estimate of drug-likeness (QED) is 0.640. The van der Waals surface area contributed by atoms with Crippen molar-refractivity contribution in [2.24, 2.45) is 0 Å². The Morgan fingerprint density at radius 3 is 3.07 bits per heavy atom. The van der Waals surface area contributed by atoms with Crippen LogP contribution in [0.15, 0.2) is 40.9 Å². The van der Waals surface area contributed by atoms with E-state index in [1.54, 1.807) is 13.3 Å². The van der Waals surface area contributed by atoms with E-state index < -0.39 is 0 Å². The Morgan fingerprint density at radius 1 is 1.36 bits per heavy atom. The van der Waals surface area contributed by atoms with Gasteiger partial charge in [-0.15, -0.1) is 0 Å². The lowest BCUT2D eigenvalue weighted by Crippen LogP contribution is -2.23. The standard InChI is InChI=1S/C20H21N5O2S/c1-26-13-15-8-7-14(27-15)12-25-9-3-5-18(25)17-4-2-6-19(23-17)24-20-22-11-16(10-21)28-20/h2,4,6-8,11,18H,3,5,9,12-13H2,1H3,(H,22,23,24)/t18-/m1/s1. The highest BCUT2D eigenvalue weighted by molar-refractivity contribution is 7.16. The summed E-state index contributed by atoms with van der Waals surface area (Å²) in [5.41, 5.74) is 1.03. The van der Waals surface area contributed by atoms with Gasteiger partial charge in [-0.25, -0.2) is 9.97 Å². The molecule has 4 heterocycles. The second-order valence-electron chi connectivity index (χ2n) is 6.64. The van der Waals surface area contributed by atoms with Crippen LogP contribution in [0, 0.1) is 11.3 Å². The van der Waals surface area contributed by atoms with Gasteiger partial charge in [-0.1, -0.05) is 17.4 Å². The molecule has 4 rings (SSSR count). The highest BCUT2D eigenvalue weighted by Gasteiger charge is 2.28. The fourth-order valence-electron chi connectivity index (χ4n) is 3.48. The number of nitrogens with one attached hydrogen (secondary N) is 1. The first kappa shape index (κ1) is 18.6. The maximum atomic E-state index is 8.94. The molecule has 144 valence electrons. The number of hydrogen-bond donors (Lipinski definition) is 1. The van der Waals surface area contributed by atoms with E-state index >= 15 is 0 Å². The van der Waals surface area contributed by atoms with Crippen molar-refractivity contribution in [3.05, 3.63) is 58.6 Å². The van der Waals surface area contributed by atoms with Gasteiger partial charge in [0.25, 0.3) is 0 Å². The van der Waals surface area contributed by atoms with Crippen LogP contribution in [0.3, 0.4) is 0 Å². The van der Waals surface area contributed by atoms with E-state index in [2.05, 4.69) is 27.3 Å². The second-order valence-corrected chi connectivity index (χ2v) is 7.67. The van der Waals surface area contributed by atoms with E-state index in [4.69, 9.17) is 19.4 Å². The molecule has 1 fully saturated rings. The molecule has 0 spiro atoms. The first-order valence-electron chi connectivity index (χ1n) is 9.15. The zero-order valence-electron chi connectivity index (χ0n) is 15.6. The van der Waals surface area contributed by atoms with Crippen LogP contribution in [0.4, 0.5) is 10.9 Å². The molecule has 28 heavy (non-hydrogen) atoms. The van der Waals surface area contributed by atoms with Crippen LogP contribution in [0.2, 0.25) is 0 Å². The van der Waals surface area contributed by atoms with Crippen molar-refractivity contribution >= 4 is 22.3 Å². The van der Waals surface area contributed by atoms with Gasteiger partial charge in [0.1, 0.15) is 34.9 Å². The van der Waals surface area contributed by atoms with Crippen molar-refractivity contribution in [2.75, 3.05) is 19.0 Å². The molecule has 1 saturated heterocycles. The van der Waals surface area contributed by atoms with Crippen molar-refractivity contribution in [3.63, 3.8) is 0 Å². The summed E-state index contributed by atoms with van der Waals surface area (Å²) in [6, 6.07) is 12.3. The summed E-state index contributed by atoms with van der Waals surface area (Å²) in [6.07, 6.45) is 3.77. The Bertz CT molecular complexity index is 977. The van der Waals surface area contributed by atoms with Crippen molar-refractivity contribution in [1.82, 2.24) is 14.9 Å². The number of aromatic nitrogens is 2. The van der Waals surface area contributed by atoms with Gasteiger partial charge in [0.2, 0.25) is 0 Å². The number of ether oxygens (including phenoxy) is 1. The lowest BCUT2D eigenvalue weighted by Gasteiger charge is -2.23. The van der Waals surface area contributed by atoms with Crippen molar-refractivity contribution in [3.8, 4) is 6.07 Å². The molecule has 1 atom stereocenters. The van der Waals surface area contributed by atoms with Crippen molar-refractivity contribution in [2.45, 2.75) is 32.0 Å². The topological polar surface area (TPSA) is 87.2 Å². The van der Waals surface area contributed by atoms with Gasteiger partial charge in [0, 0.05) is 7.11 Å². The van der Waals surface area contributed by atoms with Crippen molar-refractivity contribution in [1.29, 1.82) is 5.26 Å². The third-order valence-corrected chi connectivity index (χ3v) is 5.51. The van der Waals surface area contributed by atoms with E-state index in [0.29, 0.717) is 16.6 Å². The summed E-state index contributed by atoms with van der Waals surface area (Å²) in [5, 5.41) is 12.8. The number of nitriles is 1. The summed E-state index contributed by atoms with van der Waals surface area (Å²) < 4.78 is 11.0. The molecule has 3 aromatic heterocycles. The Kier molecular flexibility index (Phi) is 5.67. The molecule has 0 unspecified atom stereocenters. The molecule has 3 aromatic rings. The van der Waals surface area contributed by atoms with E-state index in [9.17, 15) is 0 Å². The van der Waals surface area contributed by atoms with Gasteiger partial charge in [-0.3, -0.25) is 4.90 Å². The van der Waals surface area contributed by atoms with Crippen LogP contribution >= 0.6 is 11.3 Å². The third kappa shape index (κ3) is 4.22. The van der Waals surface area contributed by atoms with E-state index in [-0.39, 0.29) is 6.04 Å². The largest absolute Gasteiger partial charge is 0.462 e. The maximum absolute atomic E-state index is 8.94. The molecule has 0 saturated carbocycles. The summed E-state index contributed by atoms with van der Waals surface area (Å²) in [5.74, 6) is 2.53. The molecular formula is C20H21N5O2S. The second kappa shape index (κ2) is 8.52. The molecule has 0 radical (unpaired) electrons. The molecule has 1 N–H and O–H groups in total. The number of methoxy groups -OCH3 is 1. The lowest BCUT2D eigenvalue weighted by atomic mass is 10.1. The van der Waals surface area contributed by atoms with E-state index in [1.807, 2.05) is 24.3 Å². The number of thiazole rings is 1. The Labute approximate surface area is 167 Å². The number of anilines is 2. The van der Waals surface area contributed by atoms with Gasteiger partial charge < -0.3 is 14.5 Å². The smallest absolute Gasteiger partial charge is 0.189 e. The third-order valence-electron chi connectivity index (χ3n) is 4.69. The first-order valence-corrected chi connectivity index (χ1v) is 9.97. The lowest BCUT2D eigenvalue weighted by molar-refractivity contribution is 0.158. The molecule has 0 bridgehead atoms. The fourth-order valence-corrected chi connectivity index (χ4v) is 4.10. The van der Waals surface area contributed by atoms with E-state index in [0.717, 1.165) is 49.0 Å². The van der Waals surface area contributed by atoms with Crippen LogP contribution in [0.1, 0.15) is 41.0 Å². The van der Waals surface area contributed by atoms with E-state index in [1.165, 1.54) is 11.3 Å². The van der Waals surface area contributed by atoms with Crippen molar-refractivity contribution < 1.29 is 9.15 Å². The van der Waals surface area contributed by atoms with Crippen LogP contribution < -0.4 is 5.32 Å². The van der Waals surface area contributed by atoms with Gasteiger partial charge in [0.15, 0.2) is 5.13 Å². The predicted octanol–water partition coefficient (Wildman–Crippen LogP) is 4.23. The molecule has 0 aliphatic carbocycles. The number of likely N-dealkylation sites (tertiary alicyclic amines) is 1. The molecule has 1 aliphatic rings. The summed E-state index contributed by atoms with van der Waals surface area (Å²) in [7, 11) is 1.66. The number of rotatable bonds is 7. The average molecular weight is 395 g/mol. The summed E-state index contributed by atoms with van der Waals surface area (Å²) in [6.45, 7) is 2.26. The average Bonchev–Trinajstić information content (AvgIpc) is 3.44. The van der Waals surface area contributed by atoms with Crippen LogP contribution in [0.25, 0.3) is 0 Å². The minimum Gasteiger partial charge on any atom is -0.462 e. The Hall–Kier alpha value is -2.73. The molecule has 0 amide bonds. The molecule has 0 aromatic carbocycles. The Morgan fingerprint density at radius 2 is 2.25 bits per heavy atom. The Balaban J connectivity index is 1.46. The zero-order valence-corrected chi connectivity index (χ0v) is 16.4. The van der Waals surface area contributed by atoms with Gasteiger partial charge in [-0.05, 0) is 43.7 Å². The SMILES string of the molecule is COCc1ccc(CN2CCC[C@@H]2c2cccc(Nc3ncc(C#N)s3)n2)o1. The van der Waals surface area contributed by atoms with Gasteiger partial charge >= 0.3 is 0 Å². The molecule has 1 aliphatic heterocycles. The molecule has 7 nitrogen and oxygen atoms in total. The zero-order chi connectivity index (χ0) is 19.3. The minimum atomic E-state index is 0.253. The first-order chi connectivity index (χ1) is 13.7. The highest BCUT2D eigenvalue weighted by atomic mass is 32.1. The van der Waals surface area contributed by atoms with Gasteiger partial charge in [0.05, 0.1) is 24.5 Å². The monoisotopic (exact) mass is 395 g/mol. The number of pyridine rings is 1. The number of hydrogen-bond acceptors (Lipinski definition) is 8. The molecule has 8 heteroatoms. The summed E-state index contributed by atoms with van der Waals surface area (Å²) in [4.78, 5) is 12.0. The van der Waals surface area contributed by atoms with Gasteiger partial charge in [-0.2, -0.15) is 5.26 Å². The molecular weight excluding hydrogens is 374 g/mol. The number of nitrogens with zero attached hydrogens (tertiary/aromatic N) is 4. The fraction of sp³-hybridized carbons (Fsp3) is 0.350. The van der Waals surface area contributed by atoms with Crippen LogP contribution in [0.5, 0.6) is 0 Å². The predicted molar refractivity (Wildman–Crippen MR) is 106 cm³/mol. The highest BCUT2D eigenvalue weighted by Crippen LogP contribution is 2.33. The van der Waals surface area contributed by atoms with Crippen LogP contribution in [-0.2, 0) is 17.9 Å².